The Labute approximate surface area is 129 Å². The molecule has 0 spiro atoms. The van der Waals surface area contributed by atoms with Crippen LogP contribution in [0.5, 0.6) is 11.5 Å². The predicted octanol–water partition coefficient (Wildman–Crippen LogP) is 3.68. The number of halogens is 1. The average molecular weight is 353 g/mol. The molecule has 7 heteroatoms. The van der Waals surface area contributed by atoms with E-state index < -0.39 is 4.92 Å². The summed E-state index contributed by atoms with van der Waals surface area (Å²) in [5.41, 5.74) is 1.69. The predicted molar refractivity (Wildman–Crippen MR) is 82.8 cm³/mol. The first-order chi connectivity index (χ1) is 10.0. The maximum atomic E-state index is 10.7. The minimum atomic E-state index is -0.446. The summed E-state index contributed by atoms with van der Waals surface area (Å²) in [6.45, 7) is 0.501. The number of anilines is 1. The van der Waals surface area contributed by atoms with Gasteiger partial charge in [0.1, 0.15) is 0 Å². The van der Waals surface area contributed by atoms with E-state index in [2.05, 4.69) is 21.2 Å². The number of methoxy groups -OCH3 is 1. The fourth-order valence-electron chi connectivity index (χ4n) is 1.80. The molecule has 110 valence electrons. The number of nitrogens with zero attached hydrogens (tertiary/aromatic N) is 1. The van der Waals surface area contributed by atoms with Gasteiger partial charge >= 0.3 is 0 Å². The molecule has 0 aliphatic heterocycles. The highest BCUT2D eigenvalue weighted by atomic mass is 79.9. The van der Waals surface area contributed by atoms with Crippen LogP contribution in [0.2, 0.25) is 0 Å². The third kappa shape index (κ3) is 3.63. The zero-order chi connectivity index (χ0) is 15.4. The molecule has 0 fully saturated rings. The van der Waals surface area contributed by atoms with Gasteiger partial charge in [0.05, 0.1) is 16.5 Å². The number of hydrogen-bond acceptors (Lipinski definition) is 5. The Bertz CT molecular complexity index is 676. The van der Waals surface area contributed by atoms with Crippen LogP contribution in [0.1, 0.15) is 5.56 Å². The highest BCUT2D eigenvalue weighted by Crippen LogP contribution is 2.29. The molecule has 0 aliphatic rings. The van der Waals surface area contributed by atoms with Crippen LogP contribution in [0.25, 0.3) is 0 Å². The van der Waals surface area contributed by atoms with Crippen molar-refractivity contribution in [1.82, 2.24) is 0 Å². The fraction of sp³-hybridized carbons (Fsp3) is 0.143. The molecule has 2 aromatic carbocycles. The van der Waals surface area contributed by atoms with Gasteiger partial charge in [-0.15, -0.1) is 0 Å². The van der Waals surface area contributed by atoms with Crippen molar-refractivity contribution in [3.05, 3.63) is 56.5 Å². The average Bonchev–Trinajstić information content (AvgIpc) is 2.46. The van der Waals surface area contributed by atoms with E-state index in [1.54, 1.807) is 30.3 Å². The van der Waals surface area contributed by atoms with E-state index in [1.165, 1.54) is 13.2 Å². The van der Waals surface area contributed by atoms with Gasteiger partial charge in [-0.1, -0.05) is 6.07 Å². The topological polar surface area (TPSA) is 84.6 Å². The van der Waals surface area contributed by atoms with Gasteiger partial charge in [0.2, 0.25) is 0 Å². The summed E-state index contributed by atoms with van der Waals surface area (Å²) in [5.74, 6) is 0.485. The molecule has 0 heterocycles. The molecule has 2 aromatic rings. The summed E-state index contributed by atoms with van der Waals surface area (Å²) in [6, 6.07) is 9.77. The van der Waals surface area contributed by atoms with Crippen LogP contribution in [0, 0.1) is 10.1 Å². The van der Waals surface area contributed by atoms with Gasteiger partial charge in [0.25, 0.3) is 5.69 Å². The number of aromatic hydroxyl groups is 1. The third-order valence-electron chi connectivity index (χ3n) is 2.89. The highest BCUT2D eigenvalue weighted by molar-refractivity contribution is 9.10. The van der Waals surface area contributed by atoms with Crippen molar-refractivity contribution >= 4 is 27.3 Å². The molecule has 0 unspecified atom stereocenters. The van der Waals surface area contributed by atoms with E-state index in [0.717, 1.165) is 11.3 Å². The Kier molecular flexibility index (Phi) is 4.64. The first kappa shape index (κ1) is 15.1. The third-order valence-corrected chi connectivity index (χ3v) is 3.52. The zero-order valence-electron chi connectivity index (χ0n) is 11.2. The van der Waals surface area contributed by atoms with E-state index in [-0.39, 0.29) is 11.4 Å². The van der Waals surface area contributed by atoms with Crippen LogP contribution < -0.4 is 10.1 Å². The summed E-state index contributed by atoms with van der Waals surface area (Å²) < 4.78 is 5.46. The Morgan fingerprint density at radius 1 is 1.33 bits per heavy atom. The van der Waals surface area contributed by atoms with Crippen molar-refractivity contribution in [2.24, 2.45) is 0 Å². The van der Waals surface area contributed by atoms with Gasteiger partial charge in [0.15, 0.2) is 11.5 Å². The molecule has 0 radical (unpaired) electrons. The molecule has 0 atom stereocenters. The van der Waals surface area contributed by atoms with E-state index >= 15 is 0 Å². The van der Waals surface area contributed by atoms with E-state index in [9.17, 15) is 15.2 Å². The number of phenols is 1. The first-order valence-electron chi connectivity index (χ1n) is 6.05. The van der Waals surface area contributed by atoms with Gasteiger partial charge < -0.3 is 15.2 Å². The molecular formula is C14H13BrN2O4. The molecule has 0 saturated carbocycles. The quantitative estimate of drug-likeness (QED) is 0.633. The number of benzene rings is 2. The van der Waals surface area contributed by atoms with Gasteiger partial charge in [0, 0.05) is 18.3 Å². The zero-order valence-corrected chi connectivity index (χ0v) is 12.8. The van der Waals surface area contributed by atoms with E-state index in [0.29, 0.717) is 16.8 Å². The summed E-state index contributed by atoms with van der Waals surface area (Å²) in [7, 11) is 1.49. The largest absolute Gasteiger partial charge is 0.504 e. The van der Waals surface area contributed by atoms with E-state index in [4.69, 9.17) is 4.74 Å². The number of phenolic OH excluding ortho intramolecular Hbond substituents is 1. The van der Waals surface area contributed by atoms with Gasteiger partial charge in [-0.05, 0) is 45.8 Å². The maximum Gasteiger partial charge on any atom is 0.283 e. The smallest absolute Gasteiger partial charge is 0.283 e. The van der Waals surface area contributed by atoms with Crippen molar-refractivity contribution in [3.8, 4) is 11.5 Å². The summed E-state index contributed by atoms with van der Waals surface area (Å²) in [4.78, 5) is 10.3. The number of nitrogens with one attached hydrogen (secondary N) is 1. The van der Waals surface area contributed by atoms with Crippen LogP contribution in [-0.2, 0) is 6.54 Å². The normalized spacial score (nSPS) is 10.2. The van der Waals surface area contributed by atoms with Crippen LogP contribution in [0.15, 0.2) is 40.9 Å². The summed E-state index contributed by atoms with van der Waals surface area (Å²) in [6.07, 6.45) is 0. The van der Waals surface area contributed by atoms with Crippen LogP contribution >= 0.6 is 15.9 Å². The number of ether oxygens (including phenoxy) is 1. The molecule has 6 nitrogen and oxygen atoms in total. The molecule has 2 N–H and O–H groups in total. The molecule has 0 bridgehead atoms. The van der Waals surface area contributed by atoms with Crippen LogP contribution in [-0.4, -0.2) is 17.1 Å². The molecule has 0 saturated heterocycles. The van der Waals surface area contributed by atoms with Crippen LogP contribution in [0.3, 0.4) is 0 Å². The summed E-state index contributed by atoms with van der Waals surface area (Å²) >= 11 is 3.17. The SMILES string of the molecule is COc1cc(CNc2ccc([N+](=O)[O-])c(Br)c2)ccc1O. The number of hydrogen-bond donors (Lipinski definition) is 2. The Balaban J connectivity index is 2.09. The van der Waals surface area contributed by atoms with Gasteiger partial charge in [-0.25, -0.2) is 0 Å². The van der Waals surface area contributed by atoms with Gasteiger partial charge in [-0.2, -0.15) is 0 Å². The second-order valence-electron chi connectivity index (χ2n) is 4.28. The van der Waals surface area contributed by atoms with Crippen molar-refractivity contribution in [1.29, 1.82) is 0 Å². The van der Waals surface area contributed by atoms with Crippen molar-refractivity contribution in [2.45, 2.75) is 6.54 Å². The first-order valence-corrected chi connectivity index (χ1v) is 6.84. The second-order valence-corrected chi connectivity index (χ2v) is 5.14. The highest BCUT2D eigenvalue weighted by Gasteiger charge is 2.11. The standard InChI is InChI=1S/C14H13BrN2O4/c1-21-14-6-9(2-5-13(14)18)8-16-10-3-4-12(17(19)20)11(15)7-10/h2-7,16,18H,8H2,1H3. The fourth-order valence-corrected chi connectivity index (χ4v) is 2.32. The molecule has 0 aliphatic carbocycles. The monoisotopic (exact) mass is 352 g/mol. The van der Waals surface area contributed by atoms with E-state index in [1.807, 2.05) is 0 Å². The minimum Gasteiger partial charge on any atom is -0.504 e. The van der Waals surface area contributed by atoms with Crippen molar-refractivity contribution < 1.29 is 14.8 Å². The Hall–Kier alpha value is -2.28. The Morgan fingerprint density at radius 3 is 2.71 bits per heavy atom. The van der Waals surface area contributed by atoms with Gasteiger partial charge in [-0.3, -0.25) is 10.1 Å². The van der Waals surface area contributed by atoms with Crippen molar-refractivity contribution in [3.63, 3.8) is 0 Å². The number of rotatable bonds is 5. The number of nitro benzene ring substituents is 1. The lowest BCUT2D eigenvalue weighted by Crippen LogP contribution is -2.00. The molecule has 21 heavy (non-hydrogen) atoms. The minimum absolute atomic E-state index is 0.0202. The Morgan fingerprint density at radius 2 is 2.10 bits per heavy atom. The lowest BCUT2D eigenvalue weighted by Gasteiger charge is -2.09. The van der Waals surface area contributed by atoms with Crippen molar-refractivity contribution in [2.75, 3.05) is 12.4 Å². The lowest BCUT2D eigenvalue weighted by atomic mass is 10.2. The molecular weight excluding hydrogens is 340 g/mol. The lowest BCUT2D eigenvalue weighted by molar-refractivity contribution is -0.385. The molecule has 2 rings (SSSR count). The van der Waals surface area contributed by atoms with Crippen LogP contribution in [0.4, 0.5) is 11.4 Å². The second kappa shape index (κ2) is 6.45. The number of nitro groups is 1. The summed E-state index contributed by atoms with van der Waals surface area (Å²) in [5, 5.41) is 23.4. The molecule has 0 aromatic heterocycles. The molecule has 0 amide bonds. The maximum absolute atomic E-state index is 10.7.